The van der Waals surface area contributed by atoms with Gasteiger partial charge in [0.1, 0.15) is 11.6 Å². The minimum Gasteiger partial charge on any atom is -0.496 e. The smallest absolute Gasteiger partial charge is 0.261 e. The number of benzene rings is 1. The van der Waals surface area contributed by atoms with Crippen LogP contribution in [0.25, 0.3) is 11.5 Å². The van der Waals surface area contributed by atoms with E-state index < -0.39 is 0 Å². The van der Waals surface area contributed by atoms with Crippen molar-refractivity contribution in [1.82, 2.24) is 20.0 Å². The molecule has 1 amide bonds. The molecule has 0 radical (unpaired) electrons. The van der Waals surface area contributed by atoms with Crippen LogP contribution in [-0.4, -0.2) is 59.2 Å². The van der Waals surface area contributed by atoms with Crippen LogP contribution in [0.3, 0.4) is 0 Å². The average molecular weight is 422 g/mol. The molecule has 1 aliphatic heterocycles. The van der Waals surface area contributed by atoms with Crippen molar-refractivity contribution in [3.05, 3.63) is 54.0 Å². The maximum absolute atomic E-state index is 13.0. The Morgan fingerprint density at radius 2 is 2.00 bits per heavy atom. The van der Waals surface area contributed by atoms with E-state index in [2.05, 4.69) is 20.0 Å². The fraction of sp³-hybridized carbons (Fsp3) is 0.391. The second-order valence-electron chi connectivity index (χ2n) is 7.45. The summed E-state index contributed by atoms with van der Waals surface area (Å²) >= 11 is 0. The normalized spacial score (nSPS) is 14.4. The van der Waals surface area contributed by atoms with E-state index in [0.717, 1.165) is 35.7 Å². The summed E-state index contributed by atoms with van der Waals surface area (Å²) in [5.74, 6) is 2.82. The molecule has 0 N–H and O–H groups in total. The molecule has 4 rings (SSSR count). The minimum absolute atomic E-state index is 0.108. The topological polar surface area (TPSA) is 84.6 Å². The molecule has 8 heteroatoms. The summed E-state index contributed by atoms with van der Waals surface area (Å²) < 4.78 is 10.8. The van der Waals surface area contributed by atoms with E-state index in [-0.39, 0.29) is 5.91 Å². The van der Waals surface area contributed by atoms with Crippen LogP contribution in [0.4, 0.5) is 5.82 Å². The van der Waals surface area contributed by atoms with Crippen molar-refractivity contribution in [2.24, 2.45) is 0 Å². The fourth-order valence-electron chi connectivity index (χ4n) is 3.83. The lowest BCUT2D eigenvalue weighted by molar-refractivity contribution is -0.130. The molecular weight excluding hydrogens is 394 g/mol. The van der Waals surface area contributed by atoms with Gasteiger partial charge in [0.05, 0.1) is 19.1 Å². The molecule has 0 spiro atoms. The molecule has 1 fully saturated rings. The number of carbonyl (C=O) groups is 1. The van der Waals surface area contributed by atoms with Crippen molar-refractivity contribution in [2.45, 2.75) is 26.2 Å². The van der Waals surface area contributed by atoms with Crippen molar-refractivity contribution in [3.8, 4) is 17.2 Å². The van der Waals surface area contributed by atoms with E-state index >= 15 is 0 Å². The lowest BCUT2D eigenvalue weighted by Crippen LogP contribution is -2.36. The summed E-state index contributed by atoms with van der Waals surface area (Å²) in [5, 5.41) is 4.01. The highest BCUT2D eigenvalue weighted by atomic mass is 16.5. The maximum Gasteiger partial charge on any atom is 0.261 e. The molecule has 0 aliphatic carbocycles. The number of methoxy groups -OCH3 is 1. The number of pyridine rings is 1. The standard InChI is InChI=1S/C23H27N5O3/c1-3-20-25-23(31-26-20)18-9-6-11-24-22(18)28-13-7-12-27(14-15-28)21(29)16-17-8-4-5-10-19(17)30-2/h4-6,8-11H,3,7,12-16H2,1-2H3. The van der Waals surface area contributed by atoms with Gasteiger partial charge in [0.15, 0.2) is 5.82 Å². The van der Waals surface area contributed by atoms with Gasteiger partial charge in [-0.2, -0.15) is 4.98 Å². The highest BCUT2D eigenvalue weighted by Gasteiger charge is 2.24. The summed E-state index contributed by atoms with van der Waals surface area (Å²) in [7, 11) is 1.63. The first-order valence-corrected chi connectivity index (χ1v) is 10.6. The lowest BCUT2D eigenvalue weighted by Gasteiger charge is -2.24. The van der Waals surface area contributed by atoms with Gasteiger partial charge in [0.25, 0.3) is 5.89 Å². The van der Waals surface area contributed by atoms with Gasteiger partial charge >= 0.3 is 0 Å². The maximum atomic E-state index is 13.0. The SMILES string of the molecule is CCc1noc(-c2cccnc2N2CCCN(C(=O)Cc3ccccc3OC)CC2)n1. The second kappa shape index (κ2) is 9.59. The molecule has 3 heterocycles. The first kappa shape index (κ1) is 20.8. The number of amides is 1. The molecule has 1 saturated heterocycles. The van der Waals surface area contributed by atoms with Crippen LogP contribution >= 0.6 is 0 Å². The van der Waals surface area contributed by atoms with Crippen LogP contribution in [-0.2, 0) is 17.6 Å². The molecule has 0 saturated carbocycles. The van der Waals surface area contributed by atoms with E-state index in [1.54, 1.807) is 13.3 Å². The van der Waals surface area contributed by atoms with Gasteiger partial charge in [-0.15, -0.1) is 0 Å². The summed E-state index contributed by atoms with van der Waals surface area (Å²) in [6, 6.07) is 11.5. The van der Waals surface area contributed by atoms with Crippen molar-refractivity contribution in [2.75, 3.05) is 38.2 Å². The molecule has 2 aromatic heterocycles. The van der Waals surface area contributed by atoms with Gasteiger partial charge in [0, 0.05) is 44.4 Å². The molecule has 8 nitrogen and oxygen atoms in total. The van der Waals surface area contributed by atoms with Crippen LogP contribution in [0.15, 0.2) is 47.1 Å². The van der Waals surface area contributed by atoms with Crippen LogP contribution in [0, 0.1) is 0 Å². The summed E-state index contributed by atoms with van der Waals surface area (Å²) in [4.78, 5) is 26.1. The van der Waals surface area contributed by atoms with Gasteiger partial charge in [0.2, 0.25) is 5.91 Å². The van der Waals surface area contributed by atoms with E-state index in [0.29, 0.717) is 44.2 Å². The number of carbonyl (C=O) groups excluding carboxylic acids is 1. The Kier molecular flexibility index (Phi) is 6.45. The highest BCUT2D eigenvalue weighted by molar-refractivity contribution is 5.79. The Bertz CT molecular complexity index is 1040. The number of hydrogen-bond acceptors (Lipinski definition) is 7. The van der Waals surface area contributed by atoms with Gasteiger partial charge in [-0.3, -0.25) is 4.79 Å². The predicted octanol–water partition coefficient (Wildman–Crippen LogP) is 2.98. The Morgan fingerprint density at radius 3 is 2.81 bits per heavy atom. The minimum atomic E-state index is 0.108. The first-order valence-electron chi connectivity index (χ1n) is 10.6. The molecule has 0 unspecified atom stereocenters. The molecular formula is C23H27N5O3. The van der Waals surface area contributed by atoms with Crippen molar-refractivity contribution in [3.63, 3.8) is 0 Å². The van der Waals surface area contributed by atoms with Crippen molar-refractivity contribution in [1.29, 1.82) is 0 Å². The number of aryl methyl sites for hydroxylation is 1. The molecule has 0 bridgehead atoms. The Balaban J connectivity index is 1.47. The Morgan fingerprint density at radius 1 is 1.13 bits per heavy atom. The fourth-order valence-corrected chi connectivity index (χ4v) is 3.83. The van der Waals surface area contributed by atoms with Gasteiger partial charge < -0.3 is 19.1 Å². The third-order valence-electron chi connectivity index (χ3n) is 5.48. The summed E-state index contributed by atoms with van der Waals surface area (Å²) in [6.45, 7) is 4.83. The molecule has 1 aliphatic rings. The number of para-hydroxylation sites is 1. The van der Waals surface area contributed by atoms with E-state index in [1.807, 2.05) is 48.2 Å². The van der Waals surface area contributed by atoms with Crippen LogP contribution in [0.2, 0.25) is 0 Å². The van der Waals surface area contributed by atoms with E-state index in [1.165, 1.54) is 0 Å². The molecule has 3 aromatic rings. The quantitative estimate of drug-likeness (QED) is 0.605. The summed E-state index contributed by atoms with van der Waals surface area (Å²) in [5.41, 5.74) is 1.73. The molecule has 1 aromatic carbocycles. The zero-order valence-corrected chi connectivity index (χ0v) is 18.0. The monoisotopic (exact) mass is 421 g/mol. The third kappa shape index (κ3) is 4.68. The van der Waals surface area contributed by atoms with E-state index in [9.17, 15) is 4.79 Å². The van der Waals surface area contributed by atoms with Crippen LogP contribution in [0.5, 0.6) is 5.75 Å². The number of rotatable bonds is 6. The van der Waals surface area contributed by atoms with Gasteiger partial charge in [-0.1, -0.05) is 30.3 Å². The number of ether oxygens (including phenoxy) is 1. The van der Waals surface area contributed by atoms with Crippen molar-refractivity contribution >= 4 is 11.7 Å². The van der Waals surface area contributed by atoms with Crippen LogP contribution < -0.4 is 9.64 Å². The number of anilines is 1. The number of hydrogen-bond donors (Lipinski definition) is 0. The first-order chi connectivity index (χ1) is 15.2. The van der Waals surface area contributed by atoms with Gasteiger partial charge in [-0.05, 0) is 24.6 Å². The molecule has 162 valence electrons. The molecule has 0 atom stereocenters. The zero-order chi connectivity index (χ0) is 21.6. The average Bonchev–Trinajstić information content (AvgIpc) is 3.16. The number of aromatic nitrogens is 3. The second-order valence-corrected chi connectivity index (χ2v) is 7.45. The lowest BCUT2D eigenvalue weighted by atomic mass is 10.1. The van der Waals surface area contributed by atoms with E-state index in [4.69, 9.17) is 9.26 Å². The van der Waals surface area contributed by atoms with Crippen molar-refractivity contribution < 1.29 is 14.1 Å². The third-order valence-corrected chi connectivity index (χ3v) is 5.48. The van der Waals surface area contributed by atoms with Crippen LogP contribution in [0.1, 0.15) is 24.7 Å². The predicted molar refractivity (Wildman–Crippen MR) is 117 cm³/mol. The highest BCUT2D eigenvalue weighted by Crippen LogP contribution is 2.28. The number of nitrogens with zero attached hydrogens (tertiary/aromatic N) is 5. The molecule has 31 heavy (non-hydrogen) atoms. The Labute approximate surface area is 181 Å². The van der Waals surface area contributed by atoms with Gasteiger partial charge in [-0.25, -0.2) is 4.98 Å². The zero-order valence-electron chi connectivity index (χ0n) is 18.0. The largest absolute Gasteiger partial charge is 0.496 e. The Hall–Kier alpha value is -3.42. The summed E-state index contributed by atoms with van der Waals surface area (Å²) in [6.07, 6.45) is 3.68.